The Morgan fingerprint density at radius 2 is 1.82 bits per heavy atom. The molecule has 0 fully saturated rings. The number of nitrogens with one attached hydrogen (secondary N) is 2. The van der Waals surface area contributed by atoms with E-state index in [1.54, 1.807) is 6.92 Å². The highest BCUT2D eigenvalue weighted by atomic mass is 19.4. The van der Waals surface area contributed by atoms with Gasteiger partial charge in [-0.25, -0.2) is 0 Å². The standard InChI is InChI=1S/C14H17F3N2O3/c1-9(8-22-2)19-12(20)7-18-13(21)10-3-5-11(6-4-10)14(15,16)17/h3-6,9H,7-8H2,1-2H3,(H,18,21)(H,19,20)/t9-/m1/s1. The van der Waals surface area contributed by atoms with Crippen LogP contribution in [0.1, 0.15) is 22.8 Å². The summed E-state index contributed by atoms with van der Waals surface area (Å²) in [5, 5.41) is 4.92. The molecule has 1 atom stereocenters. The molecule has 0 unspecified atom stereocenters. The summed E-state index contributed by atoms with van der Waals surface area (Å²) in [7, 11) is 1.50. The Morgan fingerprint density at radius 3 is 2.32 bits per heavy atom. The molecule has 2 N–H and O–H groups in total. The van der Waals surface area contributed by atoms with Gasteiger partial charge in [-0.05, 0) is 31.2 Å². The van der Waals surface area contributed by atoms with E-state index >= 15 is 0 Å². The van der Waals surface area contributed by atoms with Crippen molar-refractivity contribution in [1.29, 1.82) is 0 Å². The van der Waals surface area contributed by atoms with Crippen LogP contribution in [0, 0.1) is 0 Å². The van der Waals surface area contributed by atoms with Gasteiger partial charge < -0.3 is 15.4 Å². The molecule has 1 aromatic rings. The topological polar surface area (TPSA) is 67.4 Å². The maximum absolute atomic E-state index is 12.4. The fraction of sp³-hybridized carbons (Fsp3) is 0.429. The van der Waals surface area contributed by atoms with Gasteiger partial charge in [0.1, 0.15) is 0 Å². The van der Waals surface area contributed by atoms with E-state index in [-0.39, 0.29) is 18.2 Å². The second kappa shape index (κ2) is 7.79. The van der Waals surface area contributed by atoms with Gasteiger partial charge in [0.05, 0.1) is 18.7 Å². The van der Waals surface area contributed by atoms with Crippen LogP contribution < -0.4 is 10.6 Å². The van der Waals surface area contributed by atoms with Gasteiger partial charge in [-0.15, -0.1) is 0 Å². The summed E-state index contributed by atoms with van der Waals surface area (Å²) >= 11 is 0. The van der Waals surface area contributed by atoms with Crippen molar-refractivity contribution < 1.29 is 27.5 Å². The maximum Gasteiger partial charge on any atom is 0.416 e. The molecule has 0 bridgehead atoms. The summed E-state index contributed by atoms with van der Waals surface area (Å²) in [5.41, 5.74) is -0.791. The Kier molecular flexibility index (Phi) is 6.36. The normalized spacial score (nSPS) is 12.6. The molecule has 8 heteroatoms. The van der Waals surface area contributed by atoms with Gasteiger partial charge >= 0.3 is 6.18 Å². The van der Waals surface area contributed by atoms with E-state index in [9.17, 15) is 22.8 Å². The van der Waals surface area contributed by atoms with Crippen molar-refractivity contribution in [2.75, 3.05) is 20.3 Å². The fourth-order valence-electron chi connectivity index (χ4n) is 1.69. The summed E-state index contributed by atoms with van der Waals surface area (Å²) in [6.45, 7) is 1.80. The minimum atomic E-state index is -4.45. The molecule has 0 aliphatic heterocycles. The van der Waals surface area contributed by atoms with Gasteiger partial charge in [-0.1, -0.05) is 0 Å². The molecule has 0 aromatic heterocycles. The molecule has 22 heavy (non-hydrogen) atoms. The van der Waals surface area contributed by atoms with Crippen molar-refractivity contribution in [2.24, 2.45) is 0 Å². The molecule has 0 saturated carbocycles. The molecule has 0 spiro atoms. The van der Waals surface area contributed by atoms with Crippen LogP contribution >= 0.6 is 0 Å². The summed E-state index contributed by atoms with van der Waals surface area (Å²) in [4.78, 5) is 23.2. The van der Waals surface area contributed by atoms with E-state index in [2.05, 4.69) is 10.6 Å². The zero-order valence-electron chi connectivity index (χ0n) is 12.2. The number of alkyl halides is 3. The molecular weight excluding hydrogens is 301 g/mol. The smallest absolute Gasteiger partial charge is 0.383 e. The number of amides is 2. The average Bonchev–Trinajstić information content (AvgIpc) is 2.44. The Morgan fingerprint density at radius 1 is 1.23 bits per heavy atom. The third-order valence-electron chi connectivity index (χ3n) is 2.71. The number of rotatable bonds is 6. The summed E-state index contributed by atoms with van der Waals surface area (Å²) in [6.07, 6.45) is -4.45. The van der Waals surface area contributed by atoms with Crippen molar-refractivity contribution in [2.45, 2.75) is 19.1 Å². The average molecular weight is 318 g/mol. The van der Waals surface area contributed by atoms with Crippen molar-refractivity contribution in [1.82, 2.24) is 10.6 Å². The van der Waals surface area contributed by atoms with Crippen LogP contribution in [0.15, 0.2) is 24.3 Å². The minimum absolute atomic E-state index is 0.0470. The summed E-state index contributed by atoms with van der Waals surface area (Å²) < 4.78 is 42.0. The van der Waals surface area contributed by atoms with Gasteiger partial charge in [0.25, 0.3) is 5.91 Å². The second-order valence-corrected chi connectivity index (χ2v) is 4.68. The van der Waals surface area contributed by atoms with Gasteiger partial charge in [-0.2, -0.15) is 13.2 Å². The van der Waals surface area contributed by atoms with E-state index in [4.69, 9.17) is 4.74 Å². The van der Waals surface area contributed by atoms with Crippen molar-refractivity contribution in [3.63, 3.8) is 0 Å². The largest absolute Gasteiger partial charge is 0.416 e. The van der Waals surface area contributed by atoms with Crippen LogP contribution in [0.25, 0.3) is 0 Å². The number of methoxy groups -OCH3 is 1. The monoisotopic (exact) mass is 318 g/mol. The molecule has 2 amide bonds. The van der Waals surface area contributed by atoms with Crippen LogP contribution in [0.4, 0.5) is 13.2 Å². The van der Waals surface area contributed by atoms with Crippen molar-refractivity contribution in [3.8, 4) is 0 Å². The van der Waals surface area contributed by atoms with Gasteiger partial charge in [0.15, 0.2) is 0 Å². The molecule has 1 rings (SSSR count). The van der Waals surface area contributed by atoms with E-state index < -0.39 is 23.6 Å². The van der Waals surface area contributed by atoms with E-state index in [0.29, 0.717) is 6.61 Å². The number of hydrogen-bond acceptors (Lipinski definition) is 3. The number of carbonyl (C=O) groups is 2. The highest BCUT2D eigenvalue weighted by Crippen LogP contribution is 2.28. The molecule has 0 radical (unpaired) electrons. The lowest BCUT2D eigenvalue weighted by Crippen LogP contribution is -2.42. The maximum atomic E-state index is 12.4. The molecular formula is C14H17F3N2O3. The van der Waals surface area contributed by atoms with Crippen LogP contribution in [0.3, 0.4) is 0 Å². The molecule has 0 saturated heterocycles. The predicted molar refractivity (Wildman–Crippen MR) is 73.3 cm³/mol. The quantitative estimate of drug-likeness (QED) is 0.837. The van der Waals surface area contributed by atoms with E-state index in [0.717, 1.165) is 24.3 Å². The highest BCUT2D eigenvalue weighted by Gasteiger charge is 2.30. The Hall–Kier alpha value is -2.09. The number of ether oxygens (including phenoxy) is 1. The van der Waals surface area contributed by atoms with Gasteiger partial charge in [0.2, 0.25) is 5.91 Å². The number of benzene rings is 1. The third-order valence-corrected chi connectivity index (χ3v) is 2.71. The Labute approximate surface area is 125 Å². The van der Waals surface area contributed by atoms with Crippen molar-refractivity contribution >= 4 is 11.8 Å². The second-order valence-electron chi connectivity index (χ2n) is 4.68. The highest BCUT2D eigenvalue weighted by molar-refractivity contribution is 5.96. The fourth-order valence-corrected chi connectivity index (χ4v) is 1.69. The summed E-state index contributed by atoms with van der Waals surface area (Å²) in [6, 6.07) is 3.54. The molecule has 0 heterocycles. The third kappa shape index (κ3) is 5.72. The van der Waals surface area contributed by atoms with Crippen molar-refractivity contribution in [3.05, 3.63) is 35.4 Å². The lowest BCUT2D eigenvalue weighted by atomic mass is 10.1. The zero-order valence-corrected chi connectivity index (χ0v) is 12.2. The Bertz CT molecular complexity index is 515. The van der Waals surface area contributed by atoms with E-state index in [1.807, 2.05) is 0 Å². The minimum Gasteiger partial charge on any atom is -0.383 e. The first-order valence-electron chi connectivity index (χ1n) is 6.47. The zero-order chi connectivity index (χ0) is 16.8. The van der Waals surface area contributed by atoms with Crippen LogP contribution in [-0.2, 0) is 15.7 Å². The molecule has 0 aliphatic carbocycles. The molecule has 5 nitrogen and oxygen atoms in total. The SMILES string of the molecule is COC[C@@H](C)NC(=O)CNC(=O)c1ccc(C(F)(F)F)cc1. The van der Waals surface area contributed by atoms with Gasteiger partial charge in [0, 0.05) is 18.7 Å². The van der Waals surface area contributed by atoms with Gasteiger partial charge in [-0.3, -0.25) is 9.59 Å². The number of carbonyl (C=O) groups excluding carboxylic acids is 2. The number of halogens is 3. The summed E-state index contributed by atoms with van der Waals surface area (Å²) in [5.74, 6) is -1.03. The van der Waals surface area contributed by atoms with Crippen LogP contribution in [-0.4, -0.2) is 38.1 Å². The molecule has 0 aliphatic rings. The van der Waals surface area contributed by atoms with Crippen LogP contribution in [0.5, 0.6) is 0 Å². The predicted octanol–water partition coefficient (Wildman–Crippen LogP) is 1.59. The van der Waals surface area contributed by atoms with Crippen LogP contribution in [0.2, 0.25) is 0 Å². The Balaban J connectivity index is 2.50. The lowest BCUT2D eigenvalue weighted by Gasteiger charge is -2.13. The van der Waals surface area contributed by atoms with E-state index in [1.165, 1.54) is 7.11 Å². The first-order valence-corrected chi connectivity index (χ1v) is 6.47. The molecule has 1 aromatic carbocycles. The number of hydrogen-bond donors (Lipinski definition) is 2. The molecule has 122 valence electrons. The lowest BCUT2D eigenvalue weighted by molar-refractivity contribution is -0.137. The first-order chi connectivity index (χ1) is 10.2. The first kappa shape index (κ1) is 18.0.